The summed E-state index contributed by atoms with van der Waals surface area (Å²) in [5.41, 5.74) is 3.25. The van der Waals surface area contributed by atoms with Crippen LogP contribution in [0.15, 0.2) is 36.5 Å². The minimum atomic E-state index is 0.599. The van der Waals surface area contributed by atoms with Gasteiger partial charge < -0.3 is 9.72 Å². The summed E-state index contributed by atoms with van der Waals surface area (Å²) >= 11 is 0. The molecule has 0 saturated carbocycles. The van der Waals surface area contributed by atoms with E-state index in [0.717, 1.165) is 34.3 Å². The summed E-state index contributed by atoms with van der Waals surface area (Å²) in [6.07, 6.45) is 2.65. The summed E-state index contributed by atoms with van der Waals surface area (Å²) in [5, 5.41) is 0.923. The minimum Gasteiger partial charge on any atom is -0.456 e. The maximum absolute atomic E-state index is 10.9. The number of fused-ring (bicyclic) bond motifs is 1. The lowest BCUT2D eigenvalue weighted by Crippen LogP contribution is -1.92. The van der Waals surface area contributed by atoms with Crippen molar-refractivity contribution in [1.82, 2.24) is 9.97 Å². The van der Waals surface area contributed by atoms with Crippen LogP contribution in [-0.2, 0) is 0 Å². The number of nitrogens with zero attached hydrogens (tertiary/aromatic N) is 1. The van der Waals surface area contributed by atoms with Crippen molar-refractivity contribution < 1.29 is 9.53 Å². The van der Waals surface area contributed by atoms with Gasteiger partial charge in [0.1, 0.15) is 23.4 Å². The molecule has 0 unspecified atom stereocenters. The first-order valence-electron chi connectivity index (χ1n) is 6.36. The van der Waals surface area contributed by atoms with E-state index in [2.05, 4.69) is 9.97 Å². The van der Waals surface area contributed by atoms with E-state index in [1.54, 1.807) is 12.1 Å². The zero-order valence-corrected chi connectivity index (χ0v) is 11.3. The monoisotopic (exact) mass is 266 g/mol. The number of aldehydes is 1. The molecule has 4 heteroatoms. The Bertz CT molecular complexity index is 790. The molecule has 0 aliphatic heterocycles. The Morgan fingerprint density at radius 3 is 2.80 bits per heavy atom. The lowest BCUT2D eigenvalue weighted by atomic mass is 10.1. The van der Waals surface area contributed by atoms with E-state index in [1.807, 2.05) is 38.2 Å². The number of aromatic nitrogens is 2. The number of carbonyl (C=O) groups is 1. The lowest BCUT2D eigenvalue weighted by molar-refractivity contribution is 0.112. The number of aryl methyl sites for hydroxylation is 2. The second-order valence-corrected chi connectivity index (χ2v) is 4.75. The van der Waals surface area contributed by atoms with Gasteiger partial charge in [0, 0.05) is 23.5 Å². The third kappa shape index (κ3) is 2.16. The van der Waals surface area contributed by atoms with Gasteiger partial charge in [0.25, 0.3) is 0 Å². The van der Waals surface area contributed by atoms with E-state index in [-0.39, 0.29) is 0 Å². The molecule has 0 atom stereocenters. The molecule has 0 bridgehead atoms. The van der Waals surface area contributed by atoms with Crippen LogP contribution in [0.3, 0.4) is 0 Å². The van der Waals surface area contributed by atoms with Crippen LogP contribution in [0, 0.1) is 13.8 Å². The van der Waals surface area contributed by atoms with Crippen LogP contribution in [0.1, 0.15) is 21.6 Å². The van der Waals surface area contributed by atoms with Gasteiger partial charge in [-0.1, -0.05) is 12.1 Å². The van der Waals surface area contributed by atoms with Gasteiger partial charge in [-0.05, 0) is 31.5 Å². The highest BCUT2D eigenvalue weighted by Crippen LogP contribution is 2.31. The predicted octanol–water partition coefficient (Wildman–Crippen LogP) is 3.78. The maximum atomic E-state index is 10.9. The summed E-state index contributed by atoms with van der Waals surface area (Å²) in [6.45, 7) is 3.87. The molecule has 0 amide bonds. The molecule has 2 heterocycles. The molecule has 2 aromatic heterocycles. The number of nitrogens with one attached hydrogen (secondary N) is 1. The van der Waals surface area contributed by atoms with Gasteiger partial charge in [0.15, 0.2) is 0 Å². The number of H-pyrrole nitrogens is 1. The molecule has 0 radical (unpaired) electrons. The molecule has 3 rings (SSSR count). The highest BCUT2D eigenvalue weighted by Gasteiger charge is 2.09. The molecule has 0 spiro atoms. The van der Waals surface area contributed by atoms with Crippen molar-refractivity contribution in [1.29, 1.82) is 0 Å². The van der Waals surface area contributed by atoms with E-state index >= 15 is 0 Å². The van der Waals surface area contributed by atoms with Gasteiger partial charge in [0.2, 0.25) is 0 Å². The van der Waals surface area contributed by atoms with Gasteiger partial charge in [0.05, 0.1) is 5.39 Å². The Morgan fingerprint density at radius 1 is 1.15 bits per heavy atom. The fraction of sp³-hybridized carbons (Fsp3) is 0.125. The molecule has 3 aromatic rings. The second kappa shape index (κ2) is 4.81. The first kappa shape index (κ1) is 12.4. The molecule has 20 heavy (non-hydrogen) atoms. The fourth-order valence-corrected chi connectivity index (χ4v) is 2.13. The van der Waals surface area contributed by atoms with Crippen LogP contribution in [0.2, 0.25) is 0 Å². The van der Waals surface area contributed by atoms with Gasteiger partial charge in [-0.15, -0.1) is 0 Å². The lowest BCUT2D eigenvalue weighted by Gasteiger charge is -2.10. The fourth-order valence-electron chi connectivity index (χ4n) is 2.13. The number of ether oxygens (including phenoxy) is 1. The highest BCUT2D eigenvalue weighted by atomic mass is 16.5. The van der Waals surface area contributed by atoms with Crippen LogP contribution in [0.25, 0.3) is 11.0 Å². The highest BCUT2D eigenvalue weighted by molar-refractivity contribution is 5.83. The number of benzene rings is 1. The smallest absolute Gasteiger partial charge is 0.150 e. The first-order chi connectivity index (χ1) is 9.67. The van der Waals surface area contributed by atoms with Gasteiger partial charge in [-0.2, -0.15) is 0 Å². The largest absolute Gasteiger partial charge is 0.456 e. The summed E-state index contributed by atoms with van der Waals surface area (Å²) in [6, 6.07) is 9.22. The van der Waals surface area contributed by atoms with E-state index < -0.39 is 0 Å². The predicted molar refractivity (Wildman–Crippen MR) is 77.5 cm³/mol. The molecular weight excluding hydrogens is 252 g/mol. The van der Waals surface area contributed by atoms with E-state index in [1.165, 1.54) is 0 Å². The van der Waals surface area contributed by atoms with Crippen LogP contribution in [-0.4, -0.2) is 16.3 Å². The van der Waals surface area contributed by atoms with Gasteiger partial charge in [-0.25, -0.2) is 4.98 Å². The maximum Gasteiger partial charge on any atom is 0.150 e. The topological polar surface area (TPSA) is 55.0 Å². The SMILES string of the molecule is Cc1cc(Oc2cc(C=O)ccc2C)c2cc[nH]c2n1. The van der Waals surface area contributed by atoms with Crippen molar-refractivity contribution in [3.8, 4) is 11.5 Å². The Hall–Kier alpha value is -2.62. The molecule has 1 N–H and O–H groups in total. The third-order valence-corrected chi connectivity index (χ3v) is 3.19. The summed E-state index contributed by atoms with van der Waals surface area (Å²) < 4.78 is 5.99. The first-order valence-corrected chi connectivity index (χ1v) is 6.36. The number of hydrogen-bond donors (Lipinski definition) is 1. The summed E-state index contributed by atoms with van der Waals surface area (Å²) in [7, 11) is 0. The molecule has 4 nitrogen and oxygen atoms in total. The van der Waals surface area contributed by atoms with Crippen molar-refractivity contribution in [3.05, 3.63) is 53.3 Å². The number of aromatic amines is 1. The number of hydrogen-bond acceptors (Lipinski definition) is 3. The molecule has 0 saturated heterocycles. The molecular formula is C16H14N2O2. The minimum absolute atomic E-state index is 0.599. The number of carbonyl (C=O) groups excluding carboxylic acids is 1. The average molecular weight is 266 g/mol. The van der Waals surface area contributed by atoms with Gasteiger partial charge in [-0.3, -0.25) is 4.79 Å². The quantitative estimate of drug-likeness (QED) is 0.734. The Morgan fingerprint density at radius 2 is 2.00 bits per heavy atom. The molecule has 0 fully saturated rings. The second-order valence-electron chi connectivity index (χ2n) is 4.75. The van der Waals surface area contributed by atoms with Crippen LogP contribution in [0.5, 0.6) is 11.5 Å². The van der Waals surface area contributed by atoms with Crippen molar-refractivity contribution in [3.63, 3.8) is 0 Å². The van der Waals surface area contributed by atoms with E-state index in [0.29, 0.717) is 11.3 Å². The number of pyridine rings is 1. The summed E-state index contributed by atoms with van der Waals surface area (Å²) in [5.74, 6) is 1.42. The van der Waals surface area contributed by atoms with E-state index in [9.17, 15) is 4.79 Å². The standard InChI is InChI=1S/C16H14N2O2/c1-10-3-4-12(9-19)8-14(10)20-15-7-11(2)18-16-13(15)5-6-17-16/h3-9H,1-2H3,(H,17,18). The normalized spacial score (nSPS) is 10.7. The van der Waals surface area contributed by atoms with Crippen LogP contribution in [0.4, 0.5) is 0 Å². The van der Waals surface area contributed by atoms with E-state index in [4.69, 9.17) is 4.74 Å². The Labute approximate surface area is 116 Å². The van der Waals surface area contributed by atoms with Gasteiger partial charge >= 0.3 is 0 Å². The molecule has 0 aliphatic rings. The van der Waals surface area contributed by atoms with Crippen molar-refractivity contribution >= 4 is 17.3 Å². The average Bonchev–Trinajstić information content (AvgIpc) is 2.89. The number of rotatable bonds is 3. The Balaban J connectivity index is 2.09. The molecule has 100 valence electrons. The third-order valence-electron chi connectivity index (χ3n) is 3.19. The van der Waals surface area contributed by atoms with Crippen LogP contribution >= 0.6 is 0 Å². The zero-order valence-electron chi connectivity index (χ0n) is 11.3. The summed E-state index contributed by atoms with van der Waals surface area (Å²) in [4.78, 5) is 18.4. The zero-order chi connectivity index (χ0) is 14.1. The van der Waals surface area contributed by atoms with Crippen molar-refractivity contribution in [2.75, 3.05) is 0 Å². The van der Waals surface area contributed by atoms with Crippen LogP contribution < -0.4 is 4.74 Å². The molecule has 0 aliphatic carbocycles. The van der Waals surface area contributed by atoms with Crippen molar-refractivity contribution in [2.24, 2.45) is 0 Å². The van der Waals surface area contributed by atoms with Crippen molar-refractivity contribution in [2.45, 2.75) is 13.8 Å². The molecule has 1 aromatic carbocycles. The Kier molecular flexibility index (Phi) is 2.99.